The average molecular weight is 272 g/mol. The molecule has 2 heteroatoms. The summed E-state index contributed by atoms with van der Waals surface area (Å²) in [5, 5.41) is 2.07. The first kappa shape index (κ1) is 7.98. The maximum atomic E-state index is 12.8. The number of hydrogen-bond donors (Lipinski definition) is 0. The molecule has 0 saturated carbocycles. The molecule has 60 valence electrons. The molecule has 0 aliphatic carbocycles. The molecule has 0 N–H and O–H groups in total. The van der Waals surface area contributed by atoms with Crippen molar-refractivity contribution in [3.63, 3.8) is 0 Å². The van der Waals surface area contributed by atoms with Gasteiger partial charge < -0.3 is 0 Å². The highest BCUT2D eigenvalue weighted by atomic mass is 127. The Bertz CT molecular complexity index is 423. The topological polar surface area (TPSA) is 0 Å². The number of halogens is 2. The summed E-state index contributed by atoms with van der Waals surface area (Å²) in [4.78, 5) is 0. The third-order valence-electron chi connectivity index (χ3n) is 1.79. The van der Waals surface area contributed by atoms with E-state index < -0.39 is 0 Å². The monoisotopic (exact) mass is 272 g/mol. The number of hydrogen-bond acceptors (Lipinski definition) is 0. The van der Waals surface area contributed by atoms with Crippen molar-refractivity contribution < 1.29 is 4.39 Å². The van der Waals surface area contributed by atoms with Gasteiger partial charge in [-0.15, -0.1) is 0 Å². The standard InChI is InChI=1S/C10H6FI/c11-8-4-5-9-7(6-8)2-1-3-10(9)12/h1-6H. The summed E-state index contributed by atoms with van der Waals surface area (Å²) < 4.78 is 13.9. The Labute approximate surface area is 83.5 Å². The molecule has 0 fully saturated rings. The second-order valence-corrected chi connectivity index (χ2v) is 3.77. The van der Waals surface area contributed by atoms with Crippen LogP contribution in [-0.2, 0) is 0 Å². The van der Waals surface area contributed by atoms with Gasteiger partial charge >= 0.3 is 0 Å². The fourth-order valence-corrected chi connectivity index (χ4v) is 1.91. The fraction of sp³-hybridized carbons (Fsp3) is 0. The summed E-state index contributed by atoms with van der Waals surface area (Å²) in [5.74, 6) is -0.176. The summed E-state index contributed by atoms with van der Waals surface area (Å²) in [7, 11) is 0. The highest BCUT2D eigenvalue weighted by molar-refractivity contribution is 14.1. The van der Waals surface area contributed by atoms with E-state index in [1.807, 2.05) is 24.3 Å². The Kier molecular flexibility index (Phi) is 2.00. The van der Waals surface area contributed by atoms with E-state index in [1.54, 1.807) is 6.07 Å². The minimum Gasteiger partial charge on any atom is -0.207 e. The Morgan fingerprint density at radius 3 is 2.75 bits per heavy atom. The van der Waals surface area contributed by atoms with Gasteiger partial charge in [0.15, 0.2) is 0 Å². The van der Waals surface area contributed by atoms with E-state index in [-0.39, 0.29) is 5.82 Å². The van der Waals surface area contributed by atoms with Gasteiger partial charge in [0.2, 0.25) is 0 Å². The first-order valence-electron chi connectivity index (χ1n) is 3.61. The fourth-order valence-electron chi connectivity index (χ4n) is 1.22. The largest absolute Gasteiger partial charge is 0.207 e. The second kappa shape index (κ2) is 3.01. The van der Waals surface area contributed by atoms with Crippen molar-refractivity contribution in [3.8, 4) is 0 Å². The molecule has 0 radical (unpaired) electrons. The van der Waals surface area contributed by atoms with Crippen molar-refractivity contribution in [2.45, 2.75) is 0 Å². The lowest BCUT2D eigenvalue weighted by atomic mass is 10.1. The van der Waals surface area contributed by atoms with E-state index in [0.717, 1.165) is 14.3 Å². The Morgan fingerprint density at radius 2 is 1.92 bits per heavy atom. The summed E-state index contributed by atoms with van der Waals surface area (Å²) >= 11 is 2.25. The summed E-state index contributed by atoms with van der Waals surface area (Å²) in [6, 6.07) is 10.7. The number of benzene rings is 2. The Hall–Kier alpha value is -0.640. The minimum absolute atomic E-state index is 0.176. The molecule has 0 unspecified atom stereocenters. The van der Waals surface area contributed by atoms with Gasteiger partial charge in [-0.05, 0) is 51.6 Å². The van der Waals surface area contributed by atoms with Gasteiger partial charge in [0.25, 0.3) is 0 Å². The van der Waals surface area contributed by atoms with Crippen molar-refractivity contribution >= 4 is 33.4 Å². The van der Waals surface area contributed by atoms with Crippen LogP contribution in [0.1, 0.15) is 0 Å². The van der Waals surface area contributed by atoms with Crippen molar-refractivity contribution in [3.05, 3.63) is 45.8 Å². The molecule has 2 aromatic carbocycles. The summed E-state index contributed by atoms with van der Waals surface area (Å²) in [6.45, 7) is 0. The van der Waals surface area contributed by atoms with Crippen LogP contribution >= 0.6 is 22.6 Å². The van der Waals surface area contributed by atoms with E-state index in [2.05, 4.69) is 22.6 Å². The molecule has 0 amide bonds. The van der Waals surface area contributed by atoms with E-state index in [9.17, 15) is 4.39 Å². The lowest BCUT2D eigenvalue weighted by Crippen LogP contribution is -1.78. The van der Waals surface area contributed by atoms with Crippen LogP contribution in [0.25, 0.3) is 10.8 Å². The first-order valence-corrected chi connectivity index (χ1v) is 4.69. The van der Waals surface area contributed by atoms with Crippen LogP contribution in [0.2, 0.25) is 0 Å². The lowest BCUT2D eigenvalue weighted by molar-refractivity contribution is 0.630. The number of fused-ring (bicyclic) bond motifs is 1. The Balaban J connectivity index is 2.86. The highest BCUT2D eigenvalue weighted by Crippen LogP contribution is 2.20. The van der Waals surface area contributed by atoms with E-state index in [4.69, 9.17) is 0 Å². The molecular weight excluding hydrogens is 266 g/mol. The van der Waals surface area contributed by atoms with Gasteiger partial charge in [-0.25, -0.2) is 4.39 Å². The van der Waals surface area contributed by atoms with Gasteiger partial charge in [0.05, 0.1) is 0 Å². The van der Waals surface area contributed by atoms with Gasteiger partial charge in [0.1, 0.15) is 5.82 Å². The Morgan fingerprint density at radius 1 is 1.08 bits per heavy atom. The average Bonchev–Trinajstić information content (AvgIpc) is 2.04. The van der Waals surface area contributed by atoms with Crippen molar-refractivity contribution in [1.29, 1.82) is 0 Å². The van der Waals surface area contributed by atoms with E-state index in [0.29, 0.717) is 0 Å². The van der Waals surface area contributed by atoms with Gasteiger partial charge in [0, 0.05) is 3.57 Å². The molecule has 0 nitrogen and oxygen atoms in total. The van der Waals surface area contributed by atoms with Crippen LogP contribution < -0.4 is 0 Å². The van der Waals surface area contributed by atoms with Gasteiger partial charge in [-0.1, -0.05) is 18.2 Å². The molecule has 0 saturated heterocycles. The maximum absolute atomic E-state index is 12.8. The summed E-state index contributed by atoms with van der Waals surface area (Å²) in [5.41, 5.74) is 0. The minimum atomic E-state index is -0.176. The molecular formula is C10H6FI. The third kappa shape index (κ3) is 1.31. The van der Waals surface area contributed by atoms with Crippen LogP contribution in [0.3, 0.4) is 0 Å². The molecule has 12 heavy (non-hydrogen) atoms. The normalized spacial score (nSPS) is 10.5. The molecule has 2 rings (SSSR count). The third-order valence-corrected chi connectivity index (χ3v) is 2.73. The highest BCUT2D eigenvalue weighted by Gasteiger charge is 1.97. The molecule has 0 aliphatic heterocycles. The molecule has 0 spiro atoms. The number of rotatable bonds is 0. The van der Waals surface area contributed by atoms with E-state index in [1.165, 1.54) is 6.07 Å². The van der Waals surface area contributed by atoms with Crippen LogP contribution in [0.5, 0.6) is 0 Å². The second-order valence-electron chi connectivity index (χ2n) is 2.61. The van der Waals surface area contributed by atoms with Gasteiger partial charge in [-0.2, -0.15) is 0 Å². The SMILES string of the molecule is Fc1ccc2c(I)cccc2c1. The van der Waals surface area contributed by atoms with Crippen LogP contribution in [0.4, 0.5) is 4.39 Å². The smallest absolute Gasteiger partial charge is 0.123 e. The first-order chi connectivity index (χ1) is 5.77. The lowest BCUT2D eigenvalue weighted by Gasteiger charge is -1.99. The predicted octanol–water partition coefficient (Wildman–Crippen LogP) is 3.58. The van der Waals surface area contributed by atoms with Crippen molar-refractivity contribution in [2.75, 3.05) is 0 Å². The van der Waals surface area contributed by atoms with Crippen LogP contribution in [0, 0.1) is 9.39 Å². The zero-order valence-electron chi connectivity index (χ0n) is 6.22. The van der Waals surface area contributed by atoms with Crippen LogP contribution in [0.15, 0.2) is 36.4 Å². The molecule has 0 atom stereocenters. The maximum Gasteiger partial charge on any atom is 0.123 e. The quantitative estimate of drug-likeness (QED) is 0.643. The zero-order chi connectivity index (χ0) is 8.55. The molecule has 0 bridgehead atoms. The molecule has 0 heterocycles. The molecule has 0 aliphatic rings. The summed E-state index contributed by atoms with van der Waals surface area (Å²) in [6.07, 6.45) is 0. The molecule has 0 aromatic heterocycles. The predicted molar refractivity (Wildman–Crippen MR) is 56.6 cm³/mol. The van der Waals surface area contributed by atoms with E-state index >= 15 is 0 Å². The van der Waals surface area contributed by atoms with Gasteiger partial charge in [-0.3, -0.25) is 0 Å². The van der Waals surface area contributed by atoms with Crippen LogP contribution in [-0.4, -0.2) is 0 Å². The van der Waals surface area contributed by atoms with Crippen molar-refractivity contribution in [2.24, 2.45) is 0 Å². The molecule has 2 aromatic rings. The zero-order valence-corrected chi connectivity index (χ0v) is 8.38. The van der Waals surface area contributed by atoms with Crippen molar-refractivity contribution in [1.82, 2.24) is 0 Å².